The van der Waals surface area contributed by atoms with Crippen molar-refractivity contribution in [3.63, 3.8) is 0 Å². The van der Waals surface area contributed by atoms with E-state index in [1.54, 1.807) is 18.3 Å². The molecule has 1 rings (SSSR count). The lowest BCUT2D eigenvalue weighted by molar-refractivity contribution is 0.252. The first-order chi connectivity index (χ1) is 5.83. The third-order valence-corrected chi connectivity index (χ3v) is 1.19. The Morgan fingerprint density at radius 1 is 1.75 bits per heavy atom. The fraction of sp³-hybridized carbons (Fsp3) is 0.250. The third kappa shape index (κ3) is 2.57. The number of nitrogens with zero attached hydrogens (tertiary/aromatic N) is 1. The van der Waals surface area contributed by atoms with Crippen LogP contribution in [0.4, 0.5) is 10.5 Å². The van der Waals surface area contributed by atoms with E-state index in [2.05, 4.69) is 21.8 Å². The number of urea groups is 1. The number of amides is 2. The van der Waals surface area contributed by atoms with Crippen molar-refractivity contribution in [3.05, 3.63) is 24.5 Å². The summed E-state index contributed by atoms with van der Waals surface area (Å²) in [5, 5.41) is 5.17. The average molecular weight is 164 g/mol. The molecule has 1 radical (unpaired) electrons. The number of carbonyl (C=O) groups is 1. The van der Waals surface area contributed by atoms with E-state index in [9.17, 15) is 4.79 Å². The zero-order valence-electron chi connectivity index (χ0n) is 6.79. The maximum atomic E-state index is 10.9. The standard InChI is InChI=1S/C8H10N3O/c1-2-10-8(12)11-7-4-3-5-9-6-7/h3-5H,2H2,1H3,(H2,10,11,12). The molecule has 0 saturated heterocycles. The van der Waals surface area contributed by atoms with E-state index in [1.807, 2.05) is 6.92 Å². The highest BCUT2D eigenvalue weighted by Crippen LogP contribution is 2.00. The number of hydrogen-bond acceptors (Lipinski definition) is 2. The molecule has 0 bridgehead atoms. The third-order valence-electron chi connectivity index (χ3n) is 1.19. The molecule has 1 aromatic rings. The minimum Gasteiger partial charge on any atom is -0.338 e. The first-order valence-corrected chi connectivity index (χ1v) is 3.70. The summed E-state index contributed by atoms with van der Waals surface area (Å²) >= 11 is 0. The van der Waals surface area contributed by atoms with Gasteiger partial charge in [-0.3, -0.25) is 4.98 Å². The number of rotatable bonds is 2. The van der Waals surface area contributed by atoms with E-state index in [0.29, 0.717) is 12.2 Å². The molecule has 0 unspecified atom stereocenters. The van der Waals surface area contributed by atoms with Crippen molar-refractivity contribution in [2.75, 3.05) is 11.9 Å². The predicted octanol–water partition coefficient (Wildman–Crippen LogP) is 1.02. The number of pyridine rings is 1. The van der Waals surface area contributed by atoms with Crippen LogP contribution in [0.2, 0.25) is 0 Å². The van der Waals surface area contributed by atoms with Crippen LogP contribution in [-0.2, 0) is 0 Å². The van der Waals surface area contributed by atoms with Crippen LogP contribution in [0, 0.1) is 6.20 Å². The molecule has 2 N–H and O–H groups in total. The van der Waals surface area contributed by atoms with Gasteiger partial charge in [0.25, 0.3) is 0 Å². The minimum atomic E-state index is -0.234. The second-order valence-corrected chi connectivity index (χ2v) is 2.15. The van der Waals surface area contributed by atoms with Crippen molar-refractivity contribution in [2.45, 2.75) is 6.92 Å². The van der Waals surface area contributed by atoms with Crippen LogP contribution in [0.3, 0.4) is 0 Å². The molecule has 0 atom stereocenters. The van der Waals surface area contributed by atoms with E-state index in [4.69, 9.17) is 0 Å². The van der Waals surface area contributed by atoms with Gasteiger partial charge in [-0.15, -0.1) is 0 Å². The van der Waals surface area contributed by atoms with E-state index in [0.717, 1.165) is 0 Å². The van der Waals surface area contributed by atoms with Crippen LogP contribution in [0.25, 0.3) is 0 Å². The number of carbonyl (C=O) groups excluding carboxylic acids is 1. The predicted molar refractivity (Wildman–Crippen MR) is 45.8 cm³/mol. The van der Waals surface area contributed by atoms with Gasteiger partial charge in [0.05, 0.1) is 5.69 Å². The smallest absolute Gasteiger partial charge is 0.319 e. The van der Waals surface area contributed by atoms with Crippen molar-refractivity contribution < 1.29 is 4.79 Å². The monoisotopic (exact) mass is 164 g/mol. The Labute approximate surface area is 71.0 Å². The molecule has 0 fully saturated rings. The van der Waals surface area contributed by atoms with Gasteiger partial charge >= 0.3 is 6.03 Å². The summed E-state index contributed by atoms with van der Waals surface area (Å²) in [6, 6.07) is 3.22. The summed E-state index contributed by atoms with van der Waals surface area (Å²) < 4.78 is 0. The highest BCUT2D eigenvalue weighted by Gasteiger charge is 1.97. The largest absolute Gasteiger partial charge is 0.338 e. The van der Waals surface area contributed by atoms with Gasteiger partial charge in [0.15, 0.2) is 0 Å². The summed E-state index contributed by atoms with van der Waals surface area (Å²) in [6.07, 6.45) is 4.24. The Morgan fingerprint density at radius 3 is 3.17 bits per heavy atom. The molecule has 0 aliphatic rings. The first kappa shape index (κ1) is 8.52. The molecule has 63 valence electrons. The van der Waals surface area contributed by atoms with Gasteiger partial charge in [0.2, 0.25) is 0 Å². The second-order valence-electron chi connectivity index (χ2n) is 2.15. The maximum absolute atomic E-state index is 10.9. The number of nitrogens with one attached hydrogen (secondary N) is 2. The van der Waals surface area contributed by atoms with Crippen LogP contribution in [0.5, 0.6) is 0 Å². The SMILES string of the molecule is CCNC(=O)Nc1[c]nccc1. The average Bonchev–Trinajstić information content (AvgIpc) is 2.06. The summed E-state index contributed by atoms with van der Waals surface area (Å²) in [4.78, 5) is 14.7. The van der Waals surface area contributed by atoms with Crippen molar-refractivity contribution in [1.82, 2.24) is 10.3 Å². The topological polar surface area (TPSA) is 54.0 Å². The number of anilines is 1. The van der Waals surface area contributed by atoms with Crippen molar-refractivity contribution in [3.8, 4) is 0 Å². The molecule has 1 heterocycles. The van der Waals surface area contributed by atoms with E-state index in [1.165, 1.54) is 0 Å². The van der Waals surface area contributed by atoms with Crippen molar-refractivity contribution >= 4 is 11.7 Å². The highest BCUT2D eigenvalue weighted by molar-refractivity contribution is 5.88. The lowest BCUT2D eigenvalue weighted by Gasteiger charge is -2.03. The molecule has 12 heavy (non-hydrogen) atoms. The molecule has 4 nitrogen and oxygen atoms in total. The maximum Gasteiger partial charge on any atom is 0.319 e. The van der Waals surface area contributed by atoms with Crippen LogP contribution in [0.1, 0.15) is 6.92 Å². The van der Waals surface area contributed by atoms with Crippen LogP contribution in [0.15, 0.2) is 18.3 Å². The number of hydrogen-bond donors (Lipinski definition) is 2. The quantitative estimate of drug-likeness (QED) is 0.685. The Balaban J connectivity index is 2.47. The second kappa shape index (κ2) is 4.33. The van der Waals surface area contributed by atoms with E-state index >= 15 is 0 Å². The highest BCUT2D eigenvalue weighted by atomic mass is 16.2. The van der Waals surface area contributed by atoms with Gasteiger partial charge in [0.1, 0.15) is 6.20 Å². The van der Waals surface area contributed by atoms with Crippen LogP contribution >= 0.6 is 0 Å². The number of aromatic nitrogens is 1. The summed E-state index contributed by atoms with van der Waals surface area (Å²) in [7, 11) is 0. The molecule has 0 aliphatic carbocycles. The van der Waals surface area contributed by atoms with E-state index < -0.39 is 0 Å². The lowest BCUT2D eigenvalue weighted by Crippen LogP contribution is -2.28. The zero-order chi connectivity index (χ0) is 8.81. The Kier molecular flexibility index (Phi) is 3.07. The molecular weight excluding hydrogens is 154 g/mol. The fourth-order valence-corrected chi connectivity index (χ4v) is 0.723. The molecular formula is C8H10N3O. The summed E-state index contributed by atoms with van der Waals surface area (Å²) in [6.45, 7) is 2.46. The van der Waals surface area contributed by atoms with E-state index in [-0.39, 0.29) is 6.03 Å². The molecule has 1 aromatic heterocycles. The van der Waals surface area contributed by atoms with Gasteiger partial charge in [-0.05, 0) is 19.1 Å². The van der Waals surface area contributed by atoms with Gasteiger partial charge in [0, 0.05) is 12.7 Å². The lowest BCUT2D eigenvalue weighted by atomic mass is 10.4. The Morgan fingerprint density at radius 2 is 2.58 bits per heavy atom. The molecule has 4 heteroatoms. The molecule has 2 amide bonds. The minimum absolute atomic E-state index is 0.234. The van der Waals surface area contributed by atoms with Crippen molar-refractivity contribution in [1.29, 1.82) is 0 Å². The fourth-order valence-electron chi connectivity index (χ4n) is 0.723. The van der Waals surface area contributed by atoms with Gasteiger partial charge in [-0.2, -0.15) is 0 Å². The molecule has 0 saturated carbocycles. The van der Waals surface area contributed by atoms with Crippen molar-refractivity contribution in [2.24, 2.45) is 0 Å². The molecule has 0 aromatic carbocycles. The summed E-state index contributed by atoms with van der Waals surface area (Å²) in [5.41, 5.74) is 0.573. The van der Waals surface area contributed by atoms with Crippen LogP contribution in [-0.4, -0.2) is 17.6 Å². The molecule has 0 aliphatic heterocycles. The zero-order valence-corrected chi connectivity index (χ0v) is 6.79. The van der Waals surface area contributed by atoms with Gasteiger partial charge in [-0.1, -0.05) is 0 Å². The van der Waals surface area contributed by atoms with Crippen LogP contribution < -0.4 is 10.6 Å². The van der Waals surface area contributed by atoms with Gasteiger partial charge < -0.3 is 10.6 Å². The van der Waals surface area contributed by atoms with Gasteiger partial charge in [-0.25, -0.2) is 4.79 Å². The first-order valence-electron chi connectivity index (χ1n) is 3.70. The Hall–Kier alpha value is -1.58. The Bertz CT molecular complexity index is 248. The molecule has 0 spiro atoms. The summed E-state index contributed by atoms with van der Waals surface area (Å²) in [5.74, 6) is 0. The normalized spacial score (nSPS) is 9.08.